The molecule has 14 heteroatoms. The number of nitrogens with two attached hydrogens (primary N) is 1. The number of furan rings is 1. The van der Waals surface area contributed by atoms with Crippen molar-refractivity contribution in [3.63, 3.8) is 0 Å². The lowest BCUT2D eigenvalue weighted by Crippen LogP contribution is -2.29. The van der Waals surface area contributed by atoms with Gasteiger partial charge in [-0.05, 0) is 69.9 Å². The Morgan fingerprint density at radius 2 is 1.58 bits per heavy atom. The first-order valence-corrected chi connectivity index (χ1v) is 22.8. The van der Waals surface area contributed by atoms with Gasteiger partial charge in [-0.2, -0.15) is 0 Å². The van der Waals surface area contributed by atoms with Crippen molar-refractivity contribution in [1.29, 1.82) is 0 Å². The lowest BCUT2D eigenvalue weighted by atomic mass is 9.90. The van der Waals surface area contributed by atoms with Crippen LogP contribution in [0.4, 0.5) is 0 Å². The normalized spacial score (nSPS) is 19.4. The molecule has 1 aliphatic rings. The number of aryl methyl sites for hydroxylation is 2. The first kappa shape index (κ1) is 50.5. The summed E-state index contributed by atoms with van der Waals surface area (Å²) in [6, 6.07) is 0. The standard InChI is InChI=1S/C43H72NO12P/c1-5-7-14-20-34(45)25-26-37-36(38(46)29-39(37)47)21-15-12-13-18-24-43(49)55-35(31-54-57(50,51)53-28-27-44)30-52-42(48)23-17-11-9-8-10-16-22-41-33(4)32(3)40(56-41)19-6-2/h12,15,25-26,34-37,39,45,47H,5-11,13-14,16-24,27-31,44H2,1-4H3,(H,50,51)/b15-12-,26-25+/t34-,35+,36+,37+,39+/m0/s1. The lowest BCUT2D eigenvalue weighted by Gasteiger charge is -2.19. The van der Waals surface area contributed by atoms with Gasteiger partial charge in [-0.25, -0.2) is 4.57 Å². The van der Waals surface area contributed by atoms with Crippen LogP contribution in [-0.2, 0) is 50.3 Å². The molecular formula is C43H72NO12P. The number of hydrogen-bond acceptors (Lipinski definition) is 12. The van der Waals surface area contributed by atoms with Gasteiger partial charge in [0.25, 0.3) is 0 Å². The average molecular weight is 826 g/mol. The van der Waals surface area contributed by atoms with Crippen molar-refractivity contribution in [2.24, 2.45) is 17.6 Å². The highest BCUT2D eigenvalue weighted by molar-refractivity contribution is 7.47. The molecule has 5 N–H and O–H groups in total. The predicted octanol–water partition coefficient (Wildman–Crippen LogP) is 7.85. The van der Waals surface area contributed by atoms with E-state index < -0.39 is 44.7 Å². The largest absolute Gasteiger partial charge is 0.472 e. The molecule has 0 radical (unpaired) electrons. The molecule has 326 valence electrons. The number of esters is 2. The number of Topliss-reactive ketones (excluding diaryl/α,β-unsaturated/α-hetero) is 1. The van der Waals surface area contributed by atoms with Crippen LogP contribution in [0.5, 0.6) is 0 Å². The second-order valence-corrected chi connectivity index (χ2v) is 16.7. The Balaban J connectivity index is 1.74. The fourth-order valence-corrected chi connectivity index (χ4v) is 7.66. The summed E-state index contributed by atoms with van der Waals surface area (Å²) >= 11 is 0. The molecule has 1 heterocycles. The zero-order chi connectivity index (χ0) is 42.1. The highest BCUT2D eigenvalue weighted by atomic mass is 31.2. The molecule has 1 aliphatic carbocycles. The van der Waals surface area contributed by atoms with Gasteiger partial charge in [0, 0.05) is 50.5 Å². The average Bonchev–Trinajstić information content (AvgIpc) is 3.60. The number of ether oxygens (including phenoxy) is 2. The SMILES string of the molecule is CCCCC[C@H](O)/C=C/[C@H]1[C@H](O)CC(=O)[C@@H]1C/C=C\CCCC(=O)O[C@H](COC(=O)CCCCCCCCc1oc(CCC)c(C)c1C)COP(=O)(O)OCCN. The van der Waals surface area contributed by atoms with Crippen molar-refractivity contribution in [2.45, 2.75) is 168 Å². The molecule has 1 aromatic rings. The molecule has 6 atom stereocenters. The molecule has 57 heavy (non-hydrogen) atoms. The van der Waals surface area contributed by atoms with E-state index in [0.717, 1.165) is 82.1 Å². The first-order chi connectivity index (χ1) is 27.3. The van der Waals surface area contributed by atoms with Gasteiger partial charge in [0.15, 0.2) is 6.10 Å². The number of phosphoric ester groups is 1. The number of rotatable bonds is 32. The van der Waals surface area contributed by atoms with Crippen LogP contribution in [0.25, 0.3) is 0 Å². The minimum absolute atomic E-state index is 0.00249. The number of unbranched alkanes of at least 4 members (excludes halogenated alkanes) is 8. The highest BCUT2D eigenvalue weighted by Gasteiger charge is 2.39. The van der Waals surface area contributed by atoms with Gasteiger partial charge in [-0.1, -0.05) is 83.1 Å². The Morgan fingerprint density at radius 1 is 0.895 bits per heavy atom. The second kappa shape index (κ2) is 28.7. The molecule has 0 saturated heterocycles. The third-order valence-corrected chi connectivity index (χ3v) is 11.4. The van der Waals surface area contributed by atoms with Crippen molar-refractivity contribution in [1.82, 2.24) is 0 Å². The topological polar surface area (TPSA) is 205 Å². The number of aliphatic hydroxyl groups is 2. The first-order valence-electron chi connectivity index (χ1n) is 21.3. The molecule has 1 fully saturated rings. The maximum absolute atomic E-state index is 12.7. The van der Waals surface area contributed by atoms with Gasteiger partial charge in [0.2, 0.25) is 0 Å². The monoisotopic (exact) mass is 825 g/mol. The van der Waals surface area contributed by atoms with Crippen LogP contribution >= 0.6 is 7.82 Å². The maximum atomic E-state index is 12.7. The fourth-order valence-electron chi connectivity index (χ4n) is 6.90. The van der Waals surface area contributed by atoms with Crippen LogP contribution in [-0.4, -0.2) is 77.5 Å². The minimum Gasteiger partial charge on any atom is -0.466 e. The molecule has 0 amide bonds. The van der Waals surface area contributed by atoms with Crippen molar-refractivity contribution < 1.29 is 57.0 Å². The Bertz CT molecular complexity index is 1420. The number of aliphatic hydroxyl groups excluding tert-OH is 2. The zero-order valence-electron chi connectivity index (χ0n) is 35.0. The van der Waals surface area contributed by atoms with Crippen molar-refractivity contribution in [2.75, 3.05) is 26.4 Å². The number of ketones is 1. The zero-order valence-corrected chi connectivity index (χ0v) is 35.9. The Hall–Kier alpha value is -2.64. The maximum Gasteiger partial charge on any atom is 0.472 e. The molecule has 1 aromatic heterocycles. The Morgan fingerprint density at radius 3 is 2.28 bits per heavy atom. The predicted molar refractivity (Wildman–Crippen MR) is 219 cm³/mol. The summed E-state index contributed by atoms with van der Waals surface area (Å²) in [5, 5.41) is 20.7. The fraction of sp³-hybridized carbons (Fsp3) is 0.744. The van der Waals surface area contributed by atoms with Crippen molar-refractivity contribution >= 4 is 25.5 Å². The van der Waals surface area contributed by atoms with Crippen LogP contribution in [0.2, 0.25) is 0 Å². The summed E-state index contributed by atoms with van der Waals surface area (Å²) in [4.78, 5) is 47.7. The van der Waals surface area contributed by atoms with E-state index in [1.807, 2.05) is 12.2 Å². The van der Waals surface area contributed by atoms with E-state index in [1.165, 1.54) is 11.1 Å². The summed E-state index contributed by atoms with van der Waals surface area (Å²) in [5.41, 5.74) is 7.88. The Kier molecular flexibility index (Phi) is 25.5. The van der Waals surface area contributed by atoms with Gasteiger partial charge >= 0.3 is 19.8 Å². The molecule has 13 nitrogen and oxygen atoms in total. The number of carbonyl (C=O) groups excluding carboxylic acids is 3. The summed E-state index contributed by atoms with van der Waals surface area (Å²) in [6.45, 7) is 7.43. The third kappa shape index (κ3) is 20.8. The summed E-state index contributed by atoms with van der Waals surface area (Å²) in [5.74, 6) is 0.383. The van der Waals surface area contributed by atoms with Gasteiger partial charge in [0.1, 0.15) is 23.9 Å². The Labute approximate surface area is 340 Å². The van der Waals surface area contributed by atoms with Crippen LogP contribution in [0, 0.1) is 25.7 Å². The molecule has 1 unspecified atom stereocenters. The smallest absolute Gasteiger partial charge is 0.466 e. The van der Waals surface area contributed by atoms with Crippen molar-refractivity contribution in [3.8, 4) is 0 Å². The quantitative estimate of drug-likeness (QED) is 0.0237. The van der Waals surface area contributed by atoms with E-state index in [-0.39, 0.29) is 56.6 Å². The molecule has 1 saturated carbocycles. The number of phosphoric acid groups is 1. The van der Waals surface area contributed by atoms with Crippen molar-refractivity contribution in [3.05, 3.63) is 47.0 Å². The molecule has 0 aromatic carbocycles. The van der Waals surface area contributed by atoms with E-state index in [9.17, 15) is 34.1 Å². The van der Waals surface area contributed by atoms with Gasteiger partial charge in [-0.15, -0.1) is 0 Å². The van der Waals surface area contributed by atoms with Crippen LogP contribution < -0.4 is 5.73 Å². The molecule has 0 spiro atoms. The lowest BCUT2D eigenvalue weighted by molar-refractivity contribution is -0.161. The molecule has 0 aliphatic heterocycles. The summed E-state index contributed by atoms with van der Waals surface area (Å²) < 4.78 is 38.8. The molecule has 2 rings (SSSR count). The van der Waals surface area contributed by atoms with E-state index >= 15 is 0 Å². The van der Waals surface area contributed by atoms with E-state index in [4.69, 9.17) is 28.7 Å². The molecule has 0 bridgehead atoms. The van der Waals surface area contributed by atoms with E-state index in [2.05, 4.69) is 27.7 Å². The number of carbonyl (C=O) groups is 3. The number of hydrogen-bond donors (Lipinski definition) is 4. The summed E-state index contributed by atoms with van der Waals surface area (Å²) in [7, 11) is -4.47. The second-order valence-electron chi connectivity index (χ2n) is 15.2. The van der Waals surface area contributed by atoms with Crippen LogP contribution in [0.15, 0.2) is 28.7 Å². The third-order valence-electron chi connectivity index (χ3n) is 10.4. The van der Waals surface area contributed by atoms with Crippen LogP contribution in [0.1, 0.15) is 146 Å². The minimum atomic E-state index is -4.47. The van der Waals surface area contributed by atoms with E-state index in [0.29, 0.717) is 32.1 Å². The number of allylic oxidation sites excluding steroid dienone is 2. The molecular weight excluding hydrogens is 753 g/mol. The van der Waals surface area contributed by atoms with Gasteiger partial charge < -0.3 is 34.7 Å². The van der Waals surface area contributed by atoms with Gasteiger partial charge in [-0.3, -0.25) is 23.4 Å². The van der Waals surface area contributed by atoms with E-state index in [1.54, 1.807) is 12.2 Å². The highest BCUT2D eigenvalue weighted by Crippen LogP contribution is 2.43. The summed E-state index contributed by atoms with van der Waals surface area (Å²) in [6.07, 6.45) is 18.7. The van der Waals surface area contributed by atoms with Gasteiger partial charge in [0.05, 0.1) is 25.4 Å². The van der Waals surface area contributed by atoms with Crippen LogP contribution in [0.3, 0.4) is 0 Å².